The molecule has 3 heterocycles. The Balaban J connectivity index is 1.94. The lowest BCUT2D eigenvalue weighted by Gasteiger charge is -2.17. The number of rotatable bonds is 4. The lowest BCUT2D eigenvalue weighted by molar-refractivity contribution is -0.149. The molecule has 24 heavy (non-hydrogen) atoms. The van der Waals surface area contributed by atoms with Crippen molar-refractivity contribution in [3.8, 4) is 0 Å². The van der Waals surface area contributed by atoms with E-state index in [-0.39, 0.29) is 23.8 Å². The third-order valence-corrected chi connectivity index (χ3v) is 5.85. The number of aromatic nitrogens is 1. The second-order valence-corrected chi connectivity index (χ2v) is 8.11. The second kappa shape index (κ2) is 7.23. The molecule has 1 atom stereocenters. The van der Waals surface area contributed by atoms with Crippen LogP contribution in [0.4, 0.5) is 0 Å². The van der Waals surface area contributed by atoms with Crippen molar-refractivity contribution in [3.63, 3.8) is 0 Å². The maximum absolute atomic E-state index is 12.8. The third-order valence-electron chi connectivity index (χ3n) is 4.16. The van der Waals surface area contributed by atoms with Crippen LogP contribution in [0.3, 0.4) is 0 Å². The molecule has 128 valence electrons. The molecule has 0 spiro atoms. The molecule has 6 heteroatoms. The first-order valence-corrected chi connectivity index (χ1v) is 9.83. The van der Waals surface area contributed by atoms with Crippen LogP contribution < -0.4 is 0 Å². The predicted molar refractivity (Wildman–Crippen MR) is 97.7 cm³/mol. The van der Waals surface area contributed by atoms with E-state index in [0.717, 1.165) is 36.0 Å². The lowest BCUT2D eigenvalue weighted by atomic mass is 10.00. The summed E-state index contributed by atoms with van der Waals surface area (Å²) in [5.74, 6) is -0.467. The van der Waals surface area contributed by atoms with Crippen LogP contribution in [0.5, 0.6) is 0 Å². The summed E-state index contributed by atoms with van der Waals surface area (Å²) in [6.45, 7) is 4.48. The molecule has 4 nitrogen and oxygen atoms in total. The van der Waals surface area contributed by atoms with Crippen LogP contribution in [-0.4, -0.2) is 22.4 Å². The van der Waals surface area contributed by atoms with Crippen LogP contribution in [-0.2, 0) is 16.1 Å². The van der Waals surface area contributed by atoms with Crippen molar-refractivity contribution in [2.24, 2.45) is 0 Å². The maximum atomic E-state index is 12.8. The Morgan fingerprint density at radius 1 is 1.33 bits per heavy atom. The van der Waals surface area contributed by atoms with Gasteiger partial charge in [0.05, 0.1) is 22.6 Å². The Morgan fingerprint density at radius 3 is 2.79 bits per heavy atom. The van der Waals surface area contributed by atoms with Crippen molar-refractivity contribution < 1.29 is 14.3 Å². The van der Waals surface area contributed by atoms with Crippen LogP contribution in [0.1, 0.15) is 60.1 Å². The highest BCUT2D eigenvalue weighted by molar-refractivity contribution is 9.10. The molecular weight excluding hydrogens is 390 g/mol. The molecule has 1 aliphatic rings. The first kappa shape index (κ1) is 17.4. The fourth-order valence-electron chi connectivity index (χ4n) is 3.11. The van der Waals surface area contributed by atoms with Crippen molar-refractivity contribution >= 4 is 39.0 Å². The topological polar surface area (TPSA) is 48.3 Å². The lowest BCUT2D eigenvalue weighted by Crippen LogP contribution is -2.21. The van der Waals surface area contributed by atoms with E-state index in [1.807, 2.05) is 42.0 Å². The van der Waals surface area contributed by atoms with Gasteiger partial charge >= 0.3 is 5.97 Å². The van der Waals surface area contributed by atoms with E-state index in [1.165, 1.54) is 11.3 Å². The summed E-state index contributed by atoms with van der Waals surface area (Å²) in [5, 5.41) is 1.91. The van der Waals surface area contributed by atoms with Gasteiger partial charge < -0.3 is 9.30 Å². The minimum absolute atomic E-state index is 0.00910. The molecule has 0 fully saturated rings. The largest absolute Gasteiger partial charge is 0.462 e. The smallest absolute Gasteiger partial charge is 0.315 e. The van der Waals surface area contributed by atoms with Crippen LogP contribution >= 0.6 is 27.3 Å². The van der Waals surface area contributed by atoms with Gasteiger partial charge in [-0.3, -0.25) is 9.59 Å². The standard InChI is InChI=1S/C18H20BrNO3S/c1-11(2)23-18(22)13-5-3-4-8-20-14(13)6-7-15(20)17(21)16-9-12(19)10-24-16/h6-7,9-11,13H,3-5,8H2,1-2H3. The number of nitrogens with zero attached hydrogens (tertiary/aromatic N) is 1. The molecule has 0 amide bonds. The first-order chi connectivity index (χ1) is 11.5. The Morgan fingerprint density at radius 2 is 2.12 bits per heavy atom. The molecule has 1 unspecified atom stereocenters. The number of halogens is 1. The van der Waals surface area contributed by atoms with E-state index < -0.39 is 0 Å². The summed E-state index contributed by atoms with van der Waals surface area (Å²) in [5.41, 5.74) is 1.56. The fourth-order valence-corrected chi connectivity index (χ4v) is 4.49. The number of fused-ring (bicyclic) bond motifs is 1. The summed E-state index contributed by atoms with van der Waals surface area (Å²) in [7, 11) is 0. The highest BCUT2D eigenvalue weighted by atomic mass is 79.9. The zero-order valence-corrected chi connectivity index (χ0v) is 16.2. The van der Waals surface area contributed by atoms with E-state index in [1.54, 1.807) is 0 Å². The first-order valence-electron chi connectivity index (χ1n) is 8.16. The molecule has 0 saturated carbocycles. The van der Waals surface area contributed by atoms with Gasteiger partial charge in [0.1, 0.15) is 0 Å². The Hall–Kier alpha value is -1.40. The van der Waals surface area contributed by atoms with Gasteiger partial charge in [0.15, 0.2) is 0 Å². The average Bonchev–Trinajstić information content (AvgIpc) is 3.07. The Bertz CT molecular complexity index is 762. The number of carbonyl (C=O) groups excluding carboxylic acids is 2. The van der Waals surface area contributed by atoms with Crippen molar-refractivity contribution in [1.29, 1.82) is 0 Å². The molecule has 1 aliphatic heterocycles. The molecular formula is C18H20BrNO3S. The third kappa shape index (κ3) is 3.49. The van der Waals surface area contributed by atoms with Gasteiger partial charge in [0.25, 0.3) is 0 Å². The molecule has 0 aliphatic carbocycles. The highest BCUT2D eigenvalue weighted by Crippen LogP contribution is 2.32. The molecule has 3 rings (SSSR count). The van der Waals surface area contributed by atoms with Crippen LogP contribution in [0, 0.1) is 0 Å². The summed E-state index contributed by atoms with van der Waals surface area (Å²) < 4.78 is 8.34. The second-order valence-electron chi connectivity index (χ2n) is 6.29. The van der Waals surface area contributed by atoms with Crippen molar-refractivity contribution in [3.05, 3.63) is 44.3 Å². The van der Waals surface area contributed by atoms with Gasteiger partial charge in [-0.15, -0.1) is 11.3 Å². The molecule has 0 aromatic carbocycles. The van der Waals surface area contributed by atoms with Crippen LogP contribution in [0.25, 0.3) is 0 Å². The molecule has 0 N–H and O–H groups in total. The van der Waals surface area contributed by atoms with Crippen LogP contribution in [0.2, 0.25) is 0 Å². The Labute approximate surface area is 153 Å². The zero-order valence-electron chi connectivity index (χ0n) is 13.8. The van der Waals surface area contributed by atoms with E-state index in [4.69, 9.17) is 4.74 Å². The van der Waals surface area contributed by atoms with Gasteiger partial charge in [-0.05, 0) is 60.8 Å². The van der Waals surface area contributed by atoms with Gasteiger partial charge in [0.2, 0.25) is 5.78 Å². The zero-order chi connectivity index (χ0) is 17.3. The molecule has 0 bridgehead atoms. The molecule has 0 radical (unpaired) electrons. The Kier molecular flexibility index (Phi) is 5.25. The number of esters is 1. The van der Waals surface area contributed by atoms with E-state index in [0.29, 0.717) is 10.6 Å². The molecule has 2 aromatic rings. The number of carbonyl (C=O) groups is 2. The minimum atomic E-state index is -0.286. The number of hydrogen-bond donors (Lipinski definition) is 0. The maximum Gasteiger partial charge on any atom is 0.315 e. The van der Waals surface area contributed by atoms with Crippen molar-refractivity contribution in [1.82, 2.24) is 4.57 Å². The average molecular weight is 410 g/mol. The molecule has 0 saturated heterocycles. The number of thiophene rings is 1. The fraction of sp³-hybridized carbons (Fsp3) is 0.444. The minimum Gasteiger partial charge on any atom is -0.462 e. The van der Waals surface area contributed by atoms with E-state index >= 15 is 0 Å². The number of ether oxygens (including phenoxy) is 1. The van der Waals surface area contributed by atoms with E-state index in [9.17, 15) is 9.59 Å². The summed E-state index contributed by atoms with van der Waals surface area (Å²) >= 11 is 4.82. The van der Waals surface area contributed by atoms with Crippen molar-refractivity contribution in [2.75, 3.05) is 0 Å². The predicted octanol–water partition coefficient (Wildman–Crippen LogP) is 4.76. The SMILES string of the molecule is CC(C)OC(=O)C1CCCCn2c(C(=O)c3cc(Br)cs3)ccc21. The number of ketones is 1. The summed E-state index contributed by atoms with van der Waals surface area (Å²) in [6, 6.07) is 5.59. The number of hydrogen-bond acceptors (Lipinski definition) is 4. The van der Waals surface area contributed by atoms with E-state index in [2.05, 4.69) is 15.9 Å². The van der Waals surface area contributed by atoms with Crippen molar-refractivity contribution in [2.45, 2.75) is 51.7 Å². The highest BCUT2D eigenvalue weighted by Gasteiger charge is 2.30. The van der Waals surface area contributed by atoms with Gasteiger partial charge in [-0.2, -0.15) is 0 Å². The quantitative estimate of drug-likeness (QED) is 0.539. The monoisotopic (exact) mass is 409 g/mol. The van der Waals surface area contributed by atoms with Gasteiger partial charge in [0, 0.05) is 22.1 Å². The summed E-state index contributed by atoms with van der Waals surface area (Å²) in [4.78, 5) is 26.0. The van der Waals surface area contributed by atoms with Gasteiger partial charge in [-0.1, -0.05) is 6.42 Å². The normalized spacial score (nSPS) is 17.4. The van der Waals surface area contributed by atoms with Crippen LogP contribution in [0.15, 0.2) is 28.1 Å². The van der Waals surface area contributed by atoms with Gasteiger partial charge in [-0.25, -0.2) is 0 Å². The molecule has 2 aromatic heterocycles. The summed E-state index contributed by atoms with van der Waals surface area (Å²) in [6.07, 6.45) is 2.56.